The Kier molecular flexibility index (Phi) is 4.95. The summed E-state index contributed by atoms with van der Waals surface area (Å²) in [5.41, 5.74) is 3.30. The van der Waals surface area contributed by atoms with Gasteiger partial charge in [0, 0.05) is 18.0 Å². The van der Waals surface area contributed by atoms with Crippen LogP contribution in [0.25, 0.3) is 17.1 Å². The van der Waals surface area contributed by atoms with Crippen molar-refractivity contribution in [1.82, 2.24) is 19.3 Å². The molecule has 1 fully saturated rings. The predicted octanol–water partition coefficient (Wildman–Crippen LogP) is 2.80. The minimum atomic E-state index is 0.754. The maximum absolute atomic E-state index is 5.86. The highest BCUT2D eigenvalue weighted by molar-refractivity contribution is 7.71. The van der Waals surface area contributed by atoms with Crippen LogP contribution in [0.3, 0.4) is 0 Å². The highest BCUT2D eigenvalue weighted by atomic mass is 32.1. The van der Waals surface area contributed by atoms with Gasteiger partial charge in [-0.3, -0.25) is 9.55 Å². The first kappa shape index (κ1) is 17.1. The van der Waals surface area contributed by atoms with Crippen molar-refractivity contribution in [2.24, 2.45) is 0 Å². The Morgan fingerprint density at radius 2 is 1.77 bits per heavy atom. The number of pyridine rings is 1. The molecule has 3 heterocycles. The summed E-state index contributed by atoms with van der Waals surface area (Å²) in [7, 11) is 0. The highest BCUT2D eigenvalue weighted by Crippen LogP contribution is 2.23. The molecule has 0 spiro atoms. The van der Waals surface area contributed by atoms with E-state index in [4.69, 9.17) is 17.3 Å². The second-order valence-electron chi connectivity index (χ2n) is 6.93. The first-order valence-electron chi connectivity index (χ1n) is 9.24. The Bertz CT molecular complexity index is 938. The molecule has 0 bridgehead atoms. The summed E-state index contributed by atoms with van der Waals surface area (Å²) >= 11 is 5.86. The smallest absolute Gasteiger partial charge is 0.207 e. The van der Waals surface area contributed by atoms with Gasteiger partial charge in [-0.05, 0) is 62.2 Å². The van der Waals surface area contributed by atoms with Gasteiger partial charge in [0.05, 0.1) is 18.8 Å². The number of quaternary nitrogens is 1. The quantitative estimate of drug-likeness (QED) is 0.722. The number of aromatic nitrogens is 4. The number of nitrogens with one attached hydrogen (secondary N) is 1. The normalized spacial score (nSPS) is 15.3. The molecule has 26 heavy (non-hydrogen) atoms. The van der Waals surface area contributed by atoms with Gasteiger partial charge in [0.25, 0.3) is 0 Å². The van der Waals surface area contributed by atoms with Crippen LogP contribution in [0.4, 0.5) is 0 Å². The Morgan fingerprint density at radius 3 is 2.50 bits per heavy atom. The lowest BCUT2D eigenvalue weighted by Crippen LogP contribution is -3.12. The fourth-order valence-corrected chi connectivity index (χ4v) is 3.94. The molecule has 134 valence electrons. The predicted molar refractivity (Wildman–Crippen MR) is 105 cm³/mol. The lowest BCUT2D eigenvalue weighted by Gasteiger charge is -2.22. The number of rotatable bonds is 4. The number of aryl methyl sites for hydroxylation is 1. The molecule has 0 saturated carbocycles. The number of hydrogen-bond acceptors (Lipinski definition) is 3. The van der Waals surface area contributed by atoms with Crippen molar-refractivity contribution in [1.29, 1.82) is 0 Å². The van der Waals surface area contributed by atoms with E-state index in [1.54, 1.807) is 17.3 Å². The van der Waals surface area contributed by atoms with Crippen LogP contribution in [0.1, 0.15) is 24.8 Å². The number of para-hydroxylation sites is 1. The molecule has 1 aliphatic rings. The number of benzene rings is 1. The summed E-state index contributed by atoms with van der Waals surface area (Å²) in [5, 5.41) is 4.92. The zero-order valence-corrected chi connectivity index (χ0v) is 15.9. The summed E-state index contributed by atoms with van der Waals surface area (Å²) in [6, 6.07) is 12.3. The molecule has 3 aromatic rings. The molecular weight excluding hydrogens is 342 g/mol. The molecule has 4 rings (SSSR count). The fourth-order valence-electron chi connectivity index (χ4n) is 3.65. The third kappa shape index (κ3) is 3.34. The molecular formula is C20H24N5S+. The molecule has 0 amide bonds. The molecule has 1 saturated heterocycles. The number of likely N-dealkylation sites (tertiary alicyclic amines) is 1. The van der Waals surface area contributed by atoms with Crippen LogP contribution < -0.4 is 4.90 Å². The number of hydrogen-bond donors (Lipinski definition) is 1. The standard InChI is InChI=1S/C20H23N5S/c1-16-7-3-4-8-18(16)25-19(17-9-11-21-12-10-17)22-24(20(25)26)15-23-13-5-2-6-14-23/h3-4,7-12H,2,5-6,13-15H2,1H3/p+1. The van der Waals surface area contributed by atoms with Gasteiger partial charge in [-0.2, -0.15) is 4.68 Å². The maximum Gasteiger partial charge on any atom is 0.207 e. The molecule has 0 atom stereocenters. The lowest BCUT2D eigenvalue weighted by atomic mass is 10.1. The maximum atomic E-state index is 5.86. The van der Waals surface area contributed by atoms with Crippen molar-refractivity contribution in [2.75, 3.05) is 13.1 Å². The zero-order valence-electron chi connectivity index (χ0n) is 15.1. The van der Waals surface area contributed by atoms with Crippen molar-refractivity contribution in [3.63, 3.8) is 0 Å². The van der Waals surface area contributed by atoms with E-state index in [0.717, 1.165) is 28.5 Å². The van der Waals surface area contributed by atoms with Gasteiger partial charge in [-0.25, -0.2) is 0 Å². The SMILES string of the molecule is Cc1ccccc1-n1c(-c2ccncc2)nn(C[NH+]2CCCCC2)c1=S. The van der Waals surface area contributed by atoms with Crippen LogP contribution in [-0.2, 0) is 6.67 Å². The monoisotopic (exact) mass is 366 g/mol. The number of piperidine rings is 1. The number of nitrogens with zero attached hydrogens (tertiary/aromatic N) is 4. The molecule has 0 unspecified atom stereocenters. The van der Waals surface area contributed by atoms with Crippen LogP contribution in [0.15, 0.2) is 48.8 Å². The second-order valence-corrected chi connectivity index (χ2v) is 7.30. The van der Waals surface area contributed by atoms with E-state index >= 15 is 0 Å². The average Bonchev–Trinajstić information content (AvgIpc) is 3.00. The van der Waals surface area contributed by atoms with E-state index in [9.17, 15) is 0 Å². The van der Waals surface area contributed by atoms with Gasteiger partial charge in [0.1, 0.15) is 0 Å². The summed E-state index contributed by atoms with van der Waals surface area (Å²) in [5.74, 6) is 0.878. The molecule has 1 aromatic carbocycles. The van der Waals surface area contributed by atoms with Crippen molar-refractivity contribution in [3.05, 3.63) is 59.1 Å². The van der Waals surface area contributed by atoms with Crippen LogP contribution in [0, 0.1) is 11.7 Å². The average molecular weight is 367 g/mol. The molecule has 5 nitrogen and oxygen atoms in total. The first-order valence-corrected chi connectivity index (χ1v) is 9.65. The Labute approximate surface area is 158 Å². The van der Waals surface area contributed by atoms with Gasteiger partial charge >= 0.3 is 0 Å². The largest absolute Gasteiger partial charge is 0.316 e. The van der Waals surface area contributed by atoms with Gasteiger partial charge in [0.2, 0.25) is 4.77 Å². The van der Waals surface area contributed by atoms with E-state index in [1.807, 2.05) is 22.9 Å². The van der Waals surface area contributed by atoms with Crippen molar-refractivity contribution in [3.8, 4) is 17.1 Å². The van der Waals surface area contributed by atoms with E-state index in [0.29, 0.717) is 0 Å². The third-order valence-corrected chi connectivity index (χ3v) is 5.46. The van der Waals surface area contributed by atoms with E-state index in [-0.39, 0.29) is 0 Å². The molecule has 0 radical (unpaired) electrons. The second kappa shape index (κ2) is 7.51. The van der Waals surface area contributed by atoms with Crippen LogP contribution in [0.2, 0.25) is 0 Å². The molecule has 6 heteroatoms. The molecule has 1 aliphatic heterocycles. The third-order valence-electron chi connectivity index (χ3n) is 5.07. The van der Waals surface area contributed by atoms with Crippen molar-refractivity contribution < 1.29 is 4.90 Å². The zero-order chi connectivity index (χ0) is 17.9. The molecule has 2 aromatic heterocycles. The summed E-state index contributed by atoms with van der Waals surface area (Å²) in [4.78, 5) is 5.70. The Morgan fingerprint density at radius 1 is 1.04 bits per heavy atom. The van der Waals surface area contributed by atoms with E-state index < -0.39 is 0 Å². The minimum absolute atomic E-state index is 0.754. The van der Waals surface area contributed by atoms with Crippen molar-refractivity contribution >= 4 is 12.2 Å². The van der Waals surface area contributed by atoms with Gasteiger partial charge in [-0.1, -0.05) is 18.2 Å². The summed E-state index contributed by atoms with van der Waals surface area (Å²) < 4.78 is 4.85. The molecule has 0 aliphatic carbocycles. The van der Waals surface area contributed by atoms with E-state index in [2.05, 4.69) is 34.7 Å². The topological polar surface area (TPSA) is 40.1 Å². The van der Waals surface area contributed by atoms with Crippen molar-refractivity contribution in [2.45, 2.75) is 32.9 Å². The summed E-state index contributed by atoms with van der Waals surface area (Å²) in [6.07, 6.45) is 7.52. The van der Waals surface area contributed by atoms with Gasteiger partial charge < -0.3 is 4.90 Å². The lowest BCUT2D eigenvalue weighted by molar-refractivity contribution is -0.928. The highest BCUT2D eigenvalue weighted by Gasteiger charge is 2.20. The van der Waals surface area contributed by atoms with Crippen LogP contribution >= 0.6 is 12.2 Å². The van der Waals surface area contributed by atoms with Crippen LogP contribution in [0.5, 0.6) is 0 Å². The Hall–Kier alpha value is -2.31. The van der Waals surface area contributed by atoms with Crippen LogP contribution in [-0.4, -0.2) is 32.4 Å². The van der Waals surface area contributed by atoms with Gasteiger partial charge in [0.15, 0.2) is 12.5 Å². The fraction of sp³-hybridized carbons (Fsp3) is 0.350. The van der Waals surface area contributed by atoms with Gasteiger partial charge in [-0.15, -0.1) is 5.10 Å². The minimum Gasteiger partial charge on any atom is -0.316 e. The summed E-state index contributed by atoms with van der Waals surface area (Å²) in [6.45, 7) is 5.34. The van der Waals surface area contributed by atoms with E-state index in [1.165, 1.54) is 37.9 Å². The molecule has 1 N–H and O–H groups in total. The Balaban J connectivity index is 1.83. The first-order chi connectivity index (χ1) is 12.7.